The lowest BCUT2D eigenvalue weighted by atomic mass is 10.0. The van der Waals surface area contributed by atoms with Crippen LogP contribution >= 0.6 is 0 Å². The van der Waals surface area contributed by atoms with Crippen LogP contribution in [0, 0.1) is 13.8 Å². The molecular formula is C18H24N2O4S. The van der Waals surface area contributed by atoms with E-state index in [9.17, 15) is 13.2 Å². The predicted molar refractivity (Wildman–Crippen MR) is 97.0 cm³/mol. The van der Waals surface area contributed by atoms with E-state index < -0.39 is 10.0 Å². The van der Waals surface area contributed by atoms with Crippen LogP contribution < -0.4 is 5.32 Å². The molecule has 1 amide bonds. The molecule has 0 radical (unpaired) electrons. The number of nitrogens with zero attached hydrogens (tertiary/aromatic N) is 1. The zero-order valence-electron chi connectivity index (χ0n) is 14.8. The molecule has 0 spiro atoms. The first kappa shape index (κ1) is 17.9. The van der Waals surface area contributed by atoms with Crippen molar-refractivity contribution in [3.63, 3.8) is 0 Å². The summed E-state index contributed by atoms with van der Waals surface area (Å²) in [6.07, 6.45) is 4.42. The molecule has 1 N–H and O–H groups in total. The highest BCUT2D eigenvalue weighted by atomic mass is 32.2. The summed E-state index contributed by atoms with van der Waals surface area (Å²) in [5, 5.41) is 3.99. The normalized spacial score (nSPS) is 17.1. The van der Waals surface area contributed by atoms with E-state index in [4.69, 9.17) is 4.42 Å². The molecule has 6 nitrogen and oxygen atoms in total. The van der Waals surface area contributed by atoms with Gasteiger partial charge in [-0.25, -0.2) is 12.7 Å². The molecule has 0 bridgehead atoms. The molecule has 0 unspecified atom stereocenters. The van der Waals surface area contributed by atoms with Crippen LogP contribution in [0.5, 0.6) is 0 Å². The van der Waals surface area contributed by atoms with Crippen LogP contribution in [-0.4, -0.2) is 44.0 Å². The summed E-state index contributed by atoms with van der Waals surface area (Å²) >= 11 is 0. The number of amides is 1. The maximum Gasteiger partial charge on any atom is 0.224 e. The molecule has 1 fully saturated rings. The second-order valence-corrected chi connectivity index (χ2v) is 8.86. The van der Waals surface area contributed by atoms with Crippen molar-refractivity contribution in [3.05, 3.63) is 35.1 Å². The highest BCUT2D eigenvalue weighted by Gasteiger charge is 2.26. The maximum atomic E-state index is 12.4. The van der Waals surface area contributed by atoms with Crippen LogP contribution in [0.2, 0.25) is 0 Å². The fraction of sp³-hybridized carbons (Fsp3) is 0.500. The van der Waals surface area contributed by atoms with Crippen molar-refractivity contribution >= 4 is 26.9 Å². The minimum Gasteiger partial charge on any atom is -0.464 e. The lowest BCUT2D eigenvalue weighted by Gasteiger charge is -2.30. The number of hydrogen-bond donors (Lipinski definition) is 1. The molecule has 0 atom stereocenters. The molecule has 1 saturated heterocycles. The van der Waals surface area contributed by atoms with Gasteiger partial charge in [-0.05, 0) is 49.9 Å². The first-order chi connectivity index (χ1) is 11.7. The molecule has 3 rings (SSSR count). The molecule has 1 aliphatic rings. The number of sulfonamides is 1. The van der Waals surface area contributed by atoms with Crippen molar-refractivity contribution < 1.29 is 17.6 Å². The third kappa shape index (κ3) is 4.04. The van der Waals surface area contributed by atoms with E-state index in [1.54, 1.807) is 6.26 Å². The van der Waals surface area contributed by atoms with Gasteiger partial charge in [-0.3, -0.25) is 4.79 Å². The van der Waals surface area contributed by atoms with Crippen molar-refractivity contribution in [2.75, 3.05) is 19.3 Å². The Bertz CT molecular complexity index is 893. The van der Waals surface area contributed by atoms with Crippen molar-refractivity contribution in [1.29, 1.82) is 0 Å². The summed E-state index contributed by atoms with van der Waals surface area (Å²) in [5.41, 5.74) is 4.01. The van der Waals surface area contributed by atoms with Crippen LogP contribution in [0.1, 0.15) is 29.5 Å². The van der Waals surface area contributed by atoms with Gasteiger partial charge in [0, 0.05) is 30.1 Å². The van der Waals surface area contributed by atoms with Crippen molar-refractivity contribution in [1.82, 2.24) is 9.62 Å². The summed E-state index contributed by atoms with van der Waals surface area (Å²) < 4.78 is 30.1. The number of carbonyl (C=O) groups excluding carboxylic acids is 1. The average molecular weight is 364 g/mol. The number of benzene rings is 1. The zero-order chi connectivity index (χ0) is 18.2. The van der Waals surface area contributed by atoms with E-state index in [0.29, 0.717) is 25.9 Å². The Morgan fingerprint density at radius 1 is 1.24 bits per heavy atom. The van der Waals surface area contributed by atoms with Gasteiger partial charge in [0.25, 0.3) is 0 Å². The first-order valence-corrected chi connectivity index (χ1v) is 10.3. The number of nitrogens with one attached hydrogen (secondary N) is 1. The molecule has 0 saturated carbocycles. The van der Waals surface area contributed by atoms with Gasteiger partial charge in [-0.1, -0.05) is 0 Å². The third-order valence-electron chi connectivity index (χ3n) is 4.91. The number of aryl methyl sites for hydroxylation is 2. The third-order valence-corrected chi connectivity index (χ3v) is 6.21. The first-order valence-electron chi connectivity index (χ1n) is 8.46. The molecule has 1 aromatic heterocycles. The average Bonchev–Trinajstić information content (AvgIpc) is 2.89. The summed E-state index contributed by atoms with van der Waals surface area (Å²) in [5.74, 6) is -0.0567. The molecule has 25 heavy (non-hydrogen) atoms. The number of piperidine rings is 1. The molecule has 0 aliphatic carbocycles. The molecule has 2 aromatic rings. The highest BCUT2D eigenvalue weighted by Crippen LogP contribution is 2.25. The maximum absolute atomic E-state index is 12.4. The van der Waals surface area contributed by atoms with Gasteiger partial charge in [0.15, 0.2) is 0 Å². The number of carbonyl (C=O) groups is 1. The highest BCUT2D eigenvalue weighted by molar-refractivity contribution is 7.88. The summed E-state index contributed by atoms with van der Waals surface area (Å²) in [4.78, 5) is 12.4. The molecule has 136 valence electrons. The Morgan fingerprint density at radius 2 is 1.88 bits per heavy atom. The van der Waals surface area contributed by atoms with E-state index in [2.05, 4.69) is 11.4 Å². The van der Waals surface area contributed by atoms with E-state index in [1.165, 1.54) is 16.1 Å². The van der Waals surface area contributed by atoms with Crippen LogP contribution in [0.25, 0.3) is 11.0 Å². The fourth-order valence-corrected chi connectivity index (χ4v) is 4.13. The lowest BCUT2D eigenvalue weighted by molar-refractivity contribution is -0.121. The van der Waals surface area contributed by atoms with Gasteiger partial charge < -0.3 is 9.73 Å². The Kier molecular flexibility index (Phi) is 4.88. The summed E-state index contributed by atoms with van der Waals surface area (Å²) in [6.45, 7) is 4.99. The minimum atomic E-state index is -3.14. The van der Waals surface area contributed by atoms with Gasteiger partial charge >= 0.3 is 0 Å². The van der Waals surface area contributed by atoms with E-state index in [-0.39, 0.29) is 18.4 Å². The molecule has 2 heterocycles. The van der Waals surface area contributed by atoms with Crippen molar-refractivity contribution in [2.45, 2.75) is 39.2 Å². The molecule has 7 heteroatoms. The van der Waals surface area contributed by atoms with Gasteiger partial charge in [0.2, 0.25) is 15.9 Å². The van der Waals surface area contributed by atoms with Crippen LogP contribution in [-0.2, 0) is 21.2 Å². The van der Waals surface area contributed by atoms with Gasteiger partial charge in [-0.2, -0.15) is 0 Å². The van der Waals surface area contributed by atoms with E-state index in [1.807, 2.05) is 19.9 Å². The van der Waals surface area contributed by atoms with Crippen LogP contribution in [0.15, 0.2) is 22.8 Å². The van der Waals surface area contributed by atoms with Gasteiger partial charge in [0.05, 0.1) is 18.9 Å². The Hall–Kier alpha value is -1.86. The number of rotatable bonds is 4. The van der Waals surface area contributed by atoms with E-state index >= 15 is 0 Å². The quantitative estimate of drug-likeness (QED) is 0.901. The molecule has 1 aromatic carbocycles. The van der Waals surface area contributed by atoms with Crippen molar-refractivity contribution in [3.8, 4) is 0 Å². The SMILES string of the molecule is Cc1cc2occ(CC(=O)NC3CCN(S(C)(=O)=O)CC3)c2cc1C. The zero-order valence-corrected chi connectivity index (χ0v) is 15.6. The number of hydrogen-bond acceptors (Lipinski definition) is 4. The Morgan fingerprint density at radius 3 is 2.52 bits per heavy atom. The Labute approximate surface area is 148 Å². The van der Waals surface area contributed by atoms with E-state index in [0.717, 1.165) is 22.1 Å². The smallest absolute Gasteiger partial charge is 0.224 e. The number of furan rings is 1. The molecular weight excluding hydrogens is 340 g/mol. The summed E-state index contributed by atoms with van der Waals surface area (Å²) in [6, 6.07) is 4.07. The second kappa shape index (κ2) is 6.80. The monoisotopic (exact) mass is 364 g/mol. The lowest BCUT2D eigenvalue weighted by Crippen LogP contribution is -2.46. The largest absolute Gasteiger partial charge is 0.464 e. The standard InChI is InChI=1S/C18H24N2O4S/c1-12-8-16-14(11-24-17(16)9-13(12)2)10-18(21)19-15-4-6-20(7-5-15)25(3,22)23/h8-9,11,15H,4-7,10H2,1-3H3,(H,19,21). The van der Waals surface area contributed by atoms with Gasteiger partial charge in [-0.15, -0.1) is 0 Å². The Balaban J connectivity index is 1.61. The fourth-order valence-electron chi connectivity index (χ4n) is 3.26. The summed E-state index contributed by atoms with van der Waals surface area (Å²) in [7, 11) is -3.14. The topological polar surface area (TPSA) is 79.6 Å². The minimum absolute atomic E-state index is 0.0210. The predicted octanol–water partition coefficient (Wildman–Crippen LogP) is 2.13. The number of fused-ring (bicyclic) bond motifs is 1. The van der Waals surface area contributed by atoms with Crippen LogP contribution in [0.4, 0.5) is 0 Å². The second-order valence-electron chi connectivity index (χ2n) is 6.87. The van der Waals surface area contributed by atoms with Crippen LogP contribution in [0.3, 0.4) is 0 Å². The molecule has 1 aliphatic heterocycles. The van der Waals surface area contributed by atoms with Crippen molar-refractivity contribution in [2.24, 2.45) is 0 Å². The van der Waals surface area contributed by atoms with Gasteiger partial charge in [0.1, 0.15) is 5.58 Å².